The second-order valence-electron chi connectivity index (χ2n) is 7.82. The number of carbonyl (C=O) groups excluding carboxylic acids is 2. The van der Waals surface area contributed by atoms with Gasteiger partial charge in [0.25, 0.3) is 5.91 Å². The number of rotatable bonds is 4. The molecule has 0 saturated carbocycles. The van der Waals surface area contributed by atoms with E-state index in [4.69, 9.17) is 0 Å². The number of benzene rings is 1. The summed E-state index contributed by atoms with van der Waals surface area (Å²) < 4.78 is 1.75. The van der Waals surface area contributed by atoms with Crippen LogP contribution in [0.2, 0.25) is 0 Å². The number of carbonyl (C=O) groups is 2. The van der Waals surface area contributed by atoms with E-state index < -0.39 is 5.60 Å². The van der Waals surface area contributed by atoms with E-state index >= 15 is 0 Å². The third kappa shape index (κ3) is 4.16. The fourth-order valence-corrected chi connectivity index (χ4v) is 3.71. The van der Waals surface area contributed by atoms with Gasteiger partial charge < -0.3 is 15.3 Å². The minimum absolute atomic E-state index is 0.144. The smallest absolute Gasteiger partial charge is 0.274 e. The maximum atomic E-state index is 12.6. The van der Waals surface area contributed by atoms with Crippen molar-refractivity contribution in [3.05, 3.63) is 48.2 Å². The number of fused-ring (bicyclic) bond motifs is 1. The summed E-state index contributed by atoms with van der Waals surface area (Å²) >= 11 is 0. The zero-order chi connectivity index (χ0) is 21.3. The number of piperidine rings is 1. The van der Waals surface area contributed by atoms with Crippen LogP contribution in [0.15, 0.2) is 36.8 Å². The largest absolute Gasteiger partial charge is 0.388 e. The van der Waals surface area contributed by atoms with E-state index in [2.05, 4.69) is 20.4 Å². The van der Waals surface area contributed by atoms with Crippen molar-refractivity contribution in [2.45, 2.75) is 38.8 Å². The first-order valence-corrected chi connectivity index (χ1v) is 9.86. The molecule has 1 aliphatic heterocycles. The minimum Gasteiger partial charge on any atom is -0.388 e. The summed E-state index contributed by atoms with van der Waals surface area (Å²) in [6.07, 6.45) is 5.67. The van der Waals surface area contributed by atoms with E-state index in [1.54, 1.807) is 22.0 Å². The third-order valence-electron chi connectivity index (χ3n) is 5.39. The van der Waals surface area contributed by atoms with Gasteiger partial charge in [-0.3, -0.25) is 19.3 Å². The second-order valence-corrected chi connectivity index (χ2v) is 7.82. The van der Waals surface area contributed by atoms with Gasteiger partial charge in [-0.2, -0.15) is 5.10 Å². The zero-order valence-electron chi connectivity index (χ0n) is 17.0. The number of aromatic nitrogens is 4. The van der Waals surface area contributed by atoms with Crippen LogP contribution in [0.1, 0.15) is 35.9 Å². The molecule has 3 heterocycles. The van der Waals surface area contributed by atoms with Crippen LogP contribution >= 0.6 is 0 Å². The van der Waals surface area contributed by atoms with E-state index in [9.17, 15) is 14.7 Å². The highest BCUT2D eigenvalue weighted by molar-refractivity contribution is 5.92. The molecule has 2 amide bonds. The molecule has 2 N–H and O–H groups in total. The molecule has 0 aliphatic carbocycles. The highest BCUT2D eigenvalue weighted by Gasteiger charge is 2.35. The molecule has 1 fully saturated rings. The Bertz CT molecular complexity index is 1080. The summed E-state index contributed by atoms with van der Waals surface area (Å²) in [5.74, 6) is -0.316. The second kappa shape index (κ2) is 7.83. The number of hydrogen-bond donors (Lipinski definition) is 2. The van der Waals surface area contributed by atoms with Crippen molar-refractivity contribution in [3.8, 4) is 0 Å². The molecule has 0 radical (unpaired) electrons. The van der Waals surface area contributed by atoms with Gasteiger partial charge in [-0.1, -0.05) is 0 Å². The molecule has 9 heteroatoms. The topological polar surface area (TPSA) is 113 Å². The van der Waals surface area contributed by atoms with Crippen molar-refractivity contribution in [1.29, 1.82) is 0 Å². The standard InChI is InChI=1S/C21H24N6O3/c1-14-10-23-18(12-22-14)20(29)26-7-5-21(30,6-8-26)13-27-19-9-17(25-15(2)28)4-3-16(19)11-24-27/h3-4,9-12,30H,5-8,13H2,1-2H3,(H,25,28). The molecule has 1 saturated heterocycles. The summed E-state index contributed by atoms with van der Waals surface area (Å²) in [6.45, 7) is 4.46. The molecule has 2 aromatic heterocycles. The molecular formula is C21H24N6O3. The lowest BCUT2D eigenvalue weighted by Crippen LogP contribution is -2.49. The van der Waals surface area contributed by atoms with Crippen molar-refractivity contribution in [3.63, 3.8) is 0 Å². The maximum Gasteiger partial charge on any atom is 0.274 e. The van der Waals surface area contributed by atoms with Crippen LogP contribution in [0.4, 0.5) is 5.69 Å². The van der Waals surface area contributed by atoms with E-state index in [0.717, 1.165) is 16.6 Å². The summed E-state index contributed by atoms with van der Waals surface area (Å²) in [6, 6.07) is 5.56. The minimum atomic E-state index is -0.974. The molecule has 9 nitrogen and oxygen atoms in total. The van der Waals surface area contributed by atoms with E-state index in [1.807, 2.05) is 25.1 Å². The molecule has 0 spiro atoms. The normalized spacial score (nSPS) is 15.9. The Hall–Kier alpha value is -3.33. The van der Waals surface area contributed by atoms with Gasteiger partial charge in [-0.05, 0) is 38.0 Å². The van der Waals surface area contributed by atoms with E-state index in [-0.39, 0.29) is 11.8 Å². The third-order valence-corrected chi connectivity index (χ3v) is 5.39. The van der Waals surface area contributed by atoms with Gasteiger partial charge in [0.05, 0.1) is 35.8 Å². The van der Waals surface area contributed by atoms with Crippen LogP contribution in [0.25, 0.3) is 10.9 Å². The fraction of sp³-hybridized carbons (Fsp3) is 0.381. The Morgan fingerprint density at radius 3 is 2.60 bits per heavy atom. The van der Waals surface area contributed by atoms with Crippen LogP contribution in [0, 0.1) is 6.92 Å². The van der Waals surface area contributed by atoms with Crippen LogP contribution in [0.3, 0.4) is 0 Å². The molecule has 0 bridgehead atoms. The molecule has 0 unspecified atom stereocenters. The highest BCUT2D eigenvalue weighted by atomic mass is 16.3. The van der Waals surface area contributed by atoms with Gasteiger partial charge in [0.15, 0.2) is 0 Å². The number of nitrogens with one attached hydrogen (secondary N) is 1. The molecule has 3 aromatic rings. The first-order valence-electron chi connectivity index (χ1n) is 9.86. The molecular weight excluding hydrogens is 384 g/mol. The van der Waals surface area contributed by atoms with Crippen molar-refractivity contribution in [1.82, 2.24) is 24.6 Å². The van der Waals surface area contributed by atoms with Crippen molar-refractivity contribution < 1.29 is 14.7 Å². The summed E-state index contributed by atoms with van der Waals surface area (Å²) in [5.41, 5.74) is 1.62. The Morgan fingerprint density at radius 1 is 1.17 bits per heavy atom. The van der Waals surface area contributed by atoms with Crippen molar-refractivity contribution >= 4 is 28.4 Å². The summed E-state index contributed by atoms with van der Waals surface area (Å²) in [7, 11) is 0. The number of aryl methyl sites for hydroxylation is 1. The number of amides is 2. The fourth-order valence-electron chi connectivity index (χ4n) is 3.71. The average molecular weight is 408 g/mol. The Balaban J connectivity index is 1.45. The number of nitrogens with zero attached hydrogens (tertiary/aromatic N) is 5. The van der Waals surface area contributed by atoms with Crippen LogP contribution < -0.4 is 5.32 Å². The molecule has 4 rings (SSSR count). The van der Waals surface area contributed by atoms with Gasteiger partial charge in [0.2, 0.25) is 5.91 Å². The Labute approximate surface area is 173 Å². The lowest BCUT2D eigenvalue weighted by molar-refractivity contribution is -0.114. The van der Waals surface area contributed by atoms with Crippen LogP contribution in [-0.4, -0.2) is 60.3 Å². The molecule has 0 atom stereocenters. The van der Waals surface area contributed by atoms with Gasteiger partial charge in [-0.25, -0.2) is 4.98 Å². The van der Waals surface area contributed by atoms with Gasteiger partial charge in [0, 0.05) is 37.3 Å². The lowest BCUT2D eigenvalue weighted by atomic mass is 9.91. The summed E-state index contributed by atoms with van der Waals surface area (Å²) in [5, 5.41) is 19.2. The number of anilines is 1. The molecule has 1 aliphatic rings. The number of hydrogen-bond acceptors (Lipinski definition) is 6. The molecule has 30 heavy (non-hydrogen) atoms. The monoisotopic (exact) mass is 408 g/mol. The summed E-state index contributed by atoms with van der Waals surface area (Å²) in [4.78, 5) is 33.9. The van der Waals surface area contributed by atoms with Crippen LogP contribution in [-0.2, 0) is 11.3 Å². The predicted molar refractivity (Wildman–Crippen MR) is 111 cm³/mol. The SMILES string of the molecule is CC(=O)Nc1ccc2cnn(CC3(O)CCN(C(=O)c4cnc(C)cn4)CC3)c2c1. The van der Waals surface area contributed by atoms with Crippen LogP contribution in [0.5, 0.6) is 0 Å². The predicted octanol–water partition coefficient (Wildman–Crippen LogP) is 1.76. The van der Waals surface area contributed by atoms with Crippen molar-refractivity contribution in [2.24, 2.45) is 0 Å². The van der Waals surface area contributed by atoms with Gasteiger partial charge in [0.1, 0.15) is 5.69 Å². The first-order chi connectivity index (χ1) is 14.3. The van der Waals surface area contributed by atoms with Gasteiger partial charge >= 0.3 is 0 Å². The van der Waals surface area contributed by atoms with Gasteiger partial charge in [-0.15, -0.1) is 0 Å². The average Bonchev–Trinajstić information content (AvgIpc) is 3.10. The van der Waals surface area contributed by atoms with Crippen molar-refractivity contribution in [2.75, 3.05) is 18.4 Å². The van der Waals surface area contributed by atoms with E-state index in [0.29, 0.717) is 43.9 Å². The first kappa shape index (κ1) is 20.0. The maximum absolute atomic E-state index is 12.6. The number of aliphatic hydroxyl groups is 1. The molecule has 1 aromatic carbocycles. The quantitative estimate of drug-likeness (QED) is 0.680. The molecule has 156 valence electrons. The Morgan fingerprint density at radius 2 is 1.93 bits per heavy atom. The Kier molecular flexibility index (Phi) is 5.21. The lowest BCUT2D eigenvalue weighted by Gasteiger charge is -2.38. The van der Waals surface area contributed by atoms with E-state index in [1.165, 1.54) is 13.1 Å². The highest BCUT2D eigenvalue weighted by Crippen LogP contribution is 2.27. The number of likely N-dealkylation sites (tertiary alicyclic amines) is 1. The zero-order valence-corrected chi connectivity index (χ0v) is 17.0.